The maximum absolute atomic E-state index is 12.1. The van der Waals surface area contributed by atoms with Gasteiger partial charge in [-0.25, -0.2) is 13.1 Å². The van der Waals surface area contributed by atoms with Gasteiger partial charge >= 0.3 is 0 Å². The van der Waals surface area contributed by atoms with Gasteiger partial charge in [0, 0.05) is 16.1 Å². The molecule has 0 aromatic heterocycles. The molecule has 2 aromatic carbocycles. The van der Waals surface area contributed by atoms with E-state index in [0.29, 0.717) is 10.8 Å². The van der Waals surface area contributed by atoms with E-state index >= 15 is 0 Å². The molecular formula is C19H19BrN2O2S. The molecule has 0 saturated heterocycles. The smallest absolute Gasteiger partial charge is 0.240 e. The van der Waals surface area contributed by atoms with Crippen LogP contribution in [-0.2, 0) is 10.0 Å². The molecule has 0 unspecified atom stereocenters. The molecule has 0 saturated carbocycles. The fraction of sp³-hybridized carbons (Fsp3) is 0.263. The van der Waals surface area contributed by atoms with Crippen LogP contribution >= 0.6 is 15.9 Å². The first-order chi connectivity index (χ1) is 12.0. The number of fused-ring (bicyclic) bond motifs is 3. The largest absolute Gasteiger partial charge is 0.378 e. The lowest BCUT2D eigenvalue weighted by atomic mass is 9.77. The van der Waals surface area contributed by atoms with E-state index in [1.165, 1.54) is 12.6 Å². The number of hydrogen-bond acceptors (Lipinski definition) is 3. The molecule has 1 aliphatic heterocycles. The second-order valence-corrected chi connectivity index (χ2v) is 9.29. The monoisotopic (exact) mass is 418 g/mol. The van der Waals surface area contributed by atoms with Crippen molar-refractivity contribution in [2.24, 2.45) is 5.92 Å². The van der Waals surface area contributed by atoms with Gasteiger partial charge in [0.05, 0.1) is 10.9 Å². The first kappa shape index (κ1) is 16.8. The van der Waals surface area contributed by atoms with Crippen molar-refractivity contribution in [1.82, 2.24) is 4.72 Å². The molecular weight excluding hydrogens is 400 g/mol. The van der Waals surface area contributed by atoms with Crippen LogP contribution in [-0.4, -0.2) is 15.5 Å². The number of nitrogens with one attached hydrogen (secondary N) is 2. The summed E-state index contributed by atoms with van der Waals surface area (Å²) in [6.45, 7) is 0. The van der Waals surface area contributed by atoms with Crippen molar-refractivity contribution in [3.8, 4) is 0 Å². The molecule has 0 fully saturated rings. The third-order valence-electron chi connectivity index (χ3n) is 5.14. The van der Waals surface area contributed by atoms with Crippen LogP contribution in [0, 0.1) is 5.92 Å². The molecule has 25 heavy (non-hydrogen) atoms. The number of anilines is 1. The Kier molecular flexibility index (Phi) is 4.22. The Bertz CT molecular complexity index is 938. The normalized spacial score (nSPS) is 24.5. The molecule has 2 aromatic rings. The van der Waals surface area contributed by atoms with E-state index in [1.54, 1.807) is 12.1 Å². The average molecular weight is 419 g/mol. The topological polar surface area (TPSA) is 58.2 Å². The van der Waals surface area contributed by atoms with Gasteiger partial charge in [-0.1, -0.05) is 40.2 Å². The maximum Gasteiger partial charge on any atom is 0.240 e. The van der Waals surface area contributed by atoms with Gasteiger partial charge < -0.3 is 5.32 Å². The SMILES string of the molecule is CNS(=O)(=O)c1ccc2c(c1)[C@H]1C=CC[C@H]1[C@@H](c1ccc(Br)cc1)N2. The number of hydrogen-bond donors (Lipinski definition) is 2. The van der Waals surface area contributed by atoms with Crippen molar-refractivity contribution in [3.63, 3.8) is 0 Å². The molecule has 130 valence electrons. The summed E-state index contributed by atoms with van der Waals surface area (Å²) in [5.74, 6) is 0.623. The van der Waals surface area contributed by atoms with Gasteiger partial charge in [0.2, 0.25) is 10.0 Å². The van der Waals surface area contributed by atoms with Crippen molar-refractivity contribution in [2.45, 2.75) is 23.3 Å². The van der Waals surface area contributed by atoms with Crippen LogP contribution in [0.15, 0.2) is 64.0 Å². The molecule has 3 atom stereocenters. The van der Waals surface area contributed by atoms with Crippen LogP contribution in [0.3, 0.4) is 0 Å². The van der Waals surface area contributed by atoms with E-state index in [0.717, 1.165) is 22.1 Å². The lowest BCUT2D eigenvalue weighted by Crippen LogP contribution is -2.29. The van der Waals surface area contributed by atoms with Gasteiger partial charge in [0.25, 0.3) is 0 Å². The molecule has 2 N–H and O–H groups in total. The quantitative estimate of drug-likeness (QED) is 0.734. The fourth-order valence-corrected chi connectivity index (χ4v) is 4.89. The van der Waals surface area contributed by atoms with E-state index in [1.807, 2.05) is 6.07 Å². The summed E-state index contributed by atoms with van der Waals surface area (Å²) < 4.78 is 27.7. The zero-order chi connectivity index (χ0) is 17.6. The summed E-state index contributed by atoms with van der Waals surface area (Å²) in [6.07, 6.45) is 5.41. The van der Waals surface area contributed by atoms with E-state index in [2.05, 4.69) is 62.4 Å². The molecule has 4 nitrogen and oxygen atoms in total. The van der Waals surface area contributed by atoms with Gasteiger partial charge in [-0.3, -0.25) is 0 Å². The van der Waals surface area contributed by atoms with Crippen LogP contribution < -0.4 is 10.0 Å². The molecule has 0 spiro atoms. The minimum Gasteiger partial charge on any atom is -0.378 e. The molecule has 2 aliphatic rings. The zero-order valence-electron chi connectivity index (χ0n) is 13.7. The third-order valence-corrected chi connectivity index (χ3v) is 7.08. The number of rotatable bonds is 3. The summed E-state index contributed by atoms with van der Waals surface area (Å²) in [5.41, 5.74) is 3.32. The van der Waals surface area contributed by atoms with Crippen LogP contribution in [0.5, 0.6) is 0 Å². The Balaban J connectivity index is 1.77. The number of allylic oxidation sites excluding steroid dienone is 2. The highest BCUT2D eigenvalue weighted by atomic mass is 79.9. The van der Waals surface area contributed by atoms with Crippen LogP contribution in [0.2, 0.25) is 0 Å². The average Bonchev–Trinajstić information content (AvgIpc) is 3.11. The summed E-state index contributed by atoms with van der Waals surface area (Å²) in [4.78, 5) is 0.316. The minimum atomic E-state index is -3.44. The highest BCUT2D eigenvalue weighted by molar-refractivity contribution is 9.10. The predicted molar refractivity (Wildman–Crippen MR) is 103 cm³/mol. The summed E-state index contributed by atoms with van der Waals surface area (Å²) in [7, 11) is -2.00. The maximum atomic E-state index is 12.1. The summed E-state index contributed by atoms with van der Waals surface area (Å²) in [5, 5.41) is 3.63. The van der Waals surface area contributed by atoms with Crippen molar-refractivity contribution < 1.29 is 8.42 Å². The highest BCUT2D eigenvalue weighted by Gasteiger charge is 2.38. The predicted octanol–water partition coefficient (Wildman–Crippen LogP) is 4.18. The van der Waals surface area contributed by atoms with E-state index in [4.69, 9.17) is 0 Å². The van der Waals surface area contributed by atoms with Crippen molar-refractivity contribution in [1.29, 1.82) is 0 Å². The Morgan fingerprint density at radius 2 is 1.92 bits per heavy atom. The molecule has 0 amide bonds. The van der Waals surface area contributed by atoms with Crippen molar-refractivity contribution >= 4 is 31.6 Å². The molecule has 6 heteroatoms. The summed E-state index contributed by atoms with van der Waals surface area (Å²) >= 11 is 3.49. The van der Waals surface area contributed by atoms with E-state index in [9.17, 15) is 8.42 Å². The second-order valence-electron chi connectivity index (χ2n) is 6.48. The van der Waals surface area contributed by atoms with Crippen LogP contribution in [0.1, 0.15) is 29.5 Å². The van der Waals surface area contributed by atoms with Gasteiger partial charge in [0.1, 0.15) is 0 Å². The highest BCUT2D eigenvalue weighted by Crippen LogP contribution is 2.50. The molecule has 1 heterocycles. The number of benzene rings is 2. The van der Waals surface area contributed by atoms with Crippen molar-refractivity contribution in [3.05, 3.63) is 70.2 Å². The van der Waals surface area contributed by atoms with Gasteiger partial charge in [-0.2, -0.15) is 0 Å². The zero-order valence-corrected chi connectivity index (χ0v) is 16.1. The Labute approximate surface area is 156 Å². The van der Waals surface area contributed by atoms with Gasteiger partial charge in [-0.15, -0.1) is 0 Å². The first-order valence-electron chi connectivity index (χ1n) is 8.26. The van der Waals surface area contributed by atoms with Crippen molar-refractivity contribution in [2.75, 3.05) is 12.4 Å². The third kappa shape index (κ3) is 2.92. The van der Waals surface area contributed by atoms with Gasteiger partial charge in [0.15, 0.2) is 0 Å². The van der Waals surface area contributed by atoms with Crippen LogP contribution in [0.4, 0.5) is 5.69 Å². The Hall–Kier alpha value is -1.63. The first-order valence-corrected chi connectivity index (χ1v) is 10.5. The molecule has 0 bridgehead atoms. The van der Waals surface area contributed by atoms with E-state index in [-0.39, 0.29) is 12.0 Å². The summed E-state index contributed by atoms with van der Waals surface area (Å²) in [6, 6.07) is 14.0. The minimum absolute atomic E-state index is 0.215. The number of halogens is 1. The molecule has 4 rings (SSSR count). The molecule has 0 radical (unpaired) electrons. The standard InChI is InChI=1S/C19H19BrN2O2S/c1-21-25(23,24)14-9-10-18-17(11-14)15-3-2-4-16(15)19(22-18)12-5-7-13(20)8-6-12/h2-3,5-11,15-16,19,21-22H,4H2,1H3/t15-,16+,19+/m0/s1. The van der Waals surface area contributed by atoms with Gasteiger partial charge in [-0.05, 0) is 60.8 Å². The van der Waals surface area contributed by atoms with E-state index < -0.39 is 10.0 Å². The Morgan fingerprint density at radius 3 is 2.64 bits per heavy atom. The van der Waals surface area contributed by atoms with Crippen LogP contribution in [0.25, 0.3) is 0 Å². The lowest BCUT2D eigenvalue weighted by Gasteiger charge is -2.37. The molecule has 1 aliphatic carbocycles. The number of sulfonamides is 1. The Morgan fingerprint density at radius 1 is 1.16 bits per heavy atom. The second kappa shape index (κ2) is 6.27. The fourth-order valence-electron chi connectivity index (χ4n) is 3.86. The lowest BCUT2D eigenvalue weighted by molar-refractivity contribution is 0.425.